The molecule has 0 saturated carbocycles. The number of hydrogen-bond donors (Lipinski definition) is 1. The Hall–Kier alpha value is 0.340. The monoisotopic (exact) mass is 305 g/mol. The normalized spacial score (nSPS) is 12.6. The van der Waals surface area contributed by atoms with Crippen LogP contribution in [0.4, 0.5) is 0 Å². The fraction of sp³-hybridized carbons (Fsp3) is 0.909. The van der Waals surface area contributed by atoms with Crippen molar-refractivity contribution in [3.8, 4) is 0 Å². The van der Waals surface area contributed by atoms with E-state index < -0.39 is 22.5 Å². The van der Waals surface area contributed by atoms with Gasteiger partial charge in [0.1, 0.15) is 0 Å². The first-order valence-corrected chi connectivity index (χ1v) is 7.55. The van der Waals surface area contributed by atoms with Crippen LogP contribution in [0.5, 0.6) is 0 Å². The standard InChI is InChI=1S/C11H22O6S.Na/c1-3-4-5-6-7-8-9-16-11(12)10(2)17-18(13,14)15;/h10H,3-9H2,1-2H3,(H,13,14,15);/q;+1. The summed E-state index contributed by atoms with van der Waals surface area (Å²) in [6, 6.07) is 0. The zero-order valence-corrected chi connectivity index (χ0v) is 14.7. The fourth-order valence-corrected chi connectivity index (χ4v) is 1.84. The van der Waals surface area contributed by atoms with Crippen molar-refractivity contribution in [3.63, 3.8) is 0 Å². The minimum Gasteiger partial charge on any atom is -0.464 e. The molecular formula is C11H22NaO6S+. The van der Waals surface area contributed by atoms with Crippen molar-refractivity contribution < 1.29 is 56.2 Å². The van der Waals surface area contributed by atoms with Crippen LogP contribution in [0.25, 0.3) is 0 Å². The third-order valence-electron chi connectivity index (χ3n) is 2.34. The molecule has 1 atom stereocenters. The van der Waals surface area contributed by atoms with E-state index in [1.54, 1.807) is 0 Å². The Kier molecular flexibility index (Phi) is 13.8. The average molecular weight is 305 g/mol. The van der Waals surface area contributed by atoms with Gasteiger partial charge in [0, 0.05) is 0 Å². The third-order valence-corrected chi connectivity index (χ3v) is 2.87. The van der Waals surface area contributed by atoms with E-state index in [0.29, 0.717) is 0 Å². The van der Waals surface area contributed by atoms with Gasteiger partial charge in [0.2, 0.25) is 0 Å². The SMILES string of the molecule is CCCCCCCCOC(=O)C(C)OS(=O)(=O)O.[Na+]. The smallest absolute Gasteiger partial charge is 0.464 e. The van der Waals surface area contributed by atoms with Crippen molar-refractivity contribution in [1.82, 2.24) is 0 Å². The summed E-state index contributed by atoms with van der Waals surface area (Å²) in [5, 5.41) is 0. The molecule has 0 aromatic heterocycles. The molecule has 8 heteroatoms. The maximum atomic E-state index is 11.2. The van der Waals surface area contributed by atoms with E-state index in [2.05, 4.69) is 11.1 Å². The zero-order valence-electron chi connectivity index (χ0n) is 11.9. The maximum absolute atomic E-state index is 11.2. The fourth-order valence-electron chi connectivity index (χ4n) is 1.39. The average Bonchev–Trinajstić information content (AvgIpc) is 2.25. The maximum Gasteiger partial charge on any atom is 1.00 e. The second-order valence-corrected chi connectivity index (χ2v) is 5.15. The summed E-state index contributed by atoms with van der Waals surface area (Å²) in [5.74, 6) is -0.791. The minimum atomic E-state index is -4.61. The molecule has 0 aliphatic rings. The van der Waals surface area contributed by atoms with Gasteiger partial charge in [0.15, 0.2) is 6.10 Å². The summed E-state index contributed by atoms with van der Waals surface area (Å²) in [4.78, 5) is 11.2. The van der Waals surface area contributed by atoms with Crippen molar-refractivity contribution in [3.05, 3.63) is 0 Å². The van der Waals surface area contributed by atoms with E-state index in [1.807, 2.05) is 0 Å². The first kappa shape index (κ1) is 21.6. The van der Waals surface area contributed by atoms with Gasteiger partial charge in [-0.1, -0.05) is 39.0 Å². The van der Waals surface area contributed by atoms with Crippen molar-refractivity contribution in [2.24, 2.45) is 0 Å². The Bertz CT molecular complexity index is 330. The number of unbranched alkanes of at least 4 members (excludes halogenated alkanes) is 5. The summed E-state index contributed by atoms with van der Waals surface area (Å²) < 4.78 is 37.9. The van der Waals surface area contributed by atoms with Gasteiger partial charge in [-0.2, -0.15) is 8.42 Å². The largest absolute Gasteiger partial charge is 1.00 e. The predicted molar refractivity (Wildman–Crippen MR) is 66.4 cm³/mol. The molecule has 1 unspecified atom stereocenters. The van der Waals surface area contributed by atoms with Crippen LogP contribution in [0.1, 0.15) is 52.4 Å². The van der Waals surface area contributed by atoms with Crippen LogP contribution >= 0.6 is 0 Å². The first-order valence-electron chi connectivity index (χ1n) is 6.19. The van der Waals surface area contributed by atoms with E-state index >= 15 is 0 Å². The number of rotatable bonds is 10. The molecule has 0 aliphatic heterocycles. The first-order chi connectivity index (χ1) is 8.37. The van der Waals surface area contributed by atoms with Crippen LogP contribution in [-0.2, 0) is 24.1 Å². The topological polar surface area (TPSA) is 89.9 Å². The summed E-state index contributed by atoms with van der Waals surface area (Å²) in [5.41, 5.74) is 0. The molecule has 0 spiro atoms. The summed E-state index contributed by atoms with van der Waals surface area (Å²) >= 11 is 0. The van der Waals surface area contributed by atoms with E-state index in [4.69, 9.17) is 9.29 Å². The van der Waals surface area contributed by atoms with Gasteiger partial charge >= 0.3 is 45.9 Å². The second kappa shape index (κ2) is 12.1. The van der Waals surface area contributed by atoms with E-state index in [1.165, 1.54) is 26.2 Å². The molecule has 0 bridgehead atoms. The number of esters is 1. The molecular weight excluding hydrogens is 283 g/mol. The van der Waals surface area contributed by atoms with Crippen LogP contribution < -0.4 is 29.6 Å². The number of hydrogen-bond acceptors (Lipinski definition) is 5. The summed E-state index contributed by atoms with van der Waals surface area (Å²) in [7, 11) is -4.61. The van der Waals surface area contributed by atoms with Crippen LogP contribution in [0.3, 0.4) is 0 Å². The van der Waals surface area contributed by atoms with Crippen LogP contribution in [-0.4, -0.2) is 31.7 Å². The van der Waals surface area contributed by atoms with Crippen molar-refractivity contribution >= 4 is 16.4 Å². The van der Waals surface area contributed by atoms with Crippen LogP contribution in [0.2, 0.25) is 0 Å². The molecule has 0 rings (SSSR count). The number of ether oxygens (including phenoxy) is 1. The van der Waals surface area contributed by atoms with Gasteiger partial charge in [-0.3, -0.25) is 4.55 Å². The Labute approximate surface area is 137 Å². The van der Waals surface area contributed by atoms with Gasteiger partial charge in [-0.25, -0.2) is 8.98 Å². The molecule has 0 aromatic rings. The summed E-state index contributed by atoms with van der Waals surface area (Å²) in [6.07, 6.45) is 5.06. The van der Waals surface area contributed by atoms with Gasteiger partial charge in [-0.15, -0.1) is 0 Å². The van der Waals surface area contributed by atoms with Gasteiger partial charge < -0.3 is 4.74 Å². The molecule has 6 nitrogen and oxygen atoms in total. The second-order valence-electron chi connectivity index (χ2n) is 4.10. The van der Waals surface area contributed by atoms with E-state index in [-0.39, 0.29) is 36.2 Å². The van der Waals surface area contributed by atoms with Crippen LogP contribution in [0.15, 0.2) is 0 Å². The third kappa shape index (κ3) is 14.6. The summed E-state index contributed by atoms with van der Waals surface area (Å²) in [6.45, 7) is 3.58. The molecule has 0 aliphatic carbocycles. The Morgan fingerprint density at radius 2 is 1.68 bits per heavy atom. The molecule has 0 saturated heterocycles. The van der Waals surface area contributed by atoms with Gasteiger partial charge in [-0.05, 0) is 13.3 Å². The molecule has 0 radical (unpaired) electrons. The van der Waals surface area contributed by atoms with Crippen LogP contribution in [0, 0.1) is 0 Å². The van der Waals surface area contributed by atoms with Gasteiger partial charge in [0.05, 0.1) is 6.61 Å². The molecule has 1 N–H and O–H groups in total. The Morgan fingerprint density at radius 1 is 1.16 bits per heavy atom. The van der Waals surface area contributed by atoms with Gasteiger partial charge in [0.25, 0.3) is 0 Å². The molecule has 0 amide bonds. The minimum absolute atomic E-state index is 0. The quantitative estimate of drug-likeness (QED) is 0.243. The van der Waals surface area contributed by atoms with Crippen molar-refractivity contribution in [2.45, 2.75) is 58.5 Å². The van der Waals surface area contributed by atoms with E-state index in [9.17, 15) is 13.2 Å². The number of carbonyl (C=O) groups excluding carboxylic acids is 1. The van der Waals surface area contributed by atoms with E-state index in [0.717, 1.165) is 19.3 Å². The molecule has 108 valence electrons. The molecule has 0 heterocycles. The molecule has 0 fully saturated rings. The Balaban J connectivity index is 0. The number of carbonyl (C=O) groups is 1. The van der Waals surface area contributed by atoms with Crippen molar-refractivity contribution in [1.29, 1.82) is 0 Å². The zero-order chi connectivity index (χ0) is 14.0. The molecule has 0 aromatic carbocycles. The molecule has 19 heavy (non-hydrogen) atoms. The van der Waals surface area contributed by atoms with Crippen molar-refractivity contribution in [2.75, 3.05) is 6.61 Å². The Morgan fingerprint density at radius 3 is 2.21 bits per heavy atom. The predicted octanol–water partition coefficient (Wildman–Crippen LogP) is -0.898.